The molecule has 1 aromatic heterocycles. The topological polar surface area (TPSA) is 42.2 Å². The van der Waals surface area contributed by atoms with Crippen molar-refractivity contribution in [3.8, 4) is 5.69 Å². The molecule has 0 fully saturated rings. The number of para-hydroxylation sites is 1. The normalized spacial score (nSPS) is 10.7. The van der Waals surface area contributed by atoms with Gasteiger partial charge in [-0.2, -0.15) is 0 Å². The summed E-state index contributed by atoms with van der Waals surface area (Å²) in [4.78, 5) is 11.2. The van der Waals surface area contributed by atoms with E-state index in [-0.39, 0.29) is 0 Å². The molecule has 1 heterocycles. The number of benzene rings is 1. The molecule has 0 aliphatic rings. The number of aryl methyl sites for hydroxylation is 3. The molecule has 0 radical (unpaired) electrons. The number of aromatic nitrogens is 1. The third-order valence-electron chi connectivity index (χ3n) is 3.32. The molecular weight excluding hydrogens is 226 g/mol. The van der Waals surface area contributed by atoms with E-state index in [1.54, 1.807) is 6.07 Å². The minimum Gasteiger partial charge on any atom is -0.478 e. The number of hydrogen-bond donors (Lipinski definition) is 1. The molecule has 2 rings (SSSR count). The smallest absolute Gasteiger partial charge is 0.337 e. The summed E-state index contributed by atoms with van der Waals surface area (Å²) in [5, 5.41) is 9.18. The zero-order chi connectivity index (χ0) is 13.4. The van der Waals surface area contributed by atoms with Gasteiger partial charge in [-0.25, -0.2) is 4.79 Å². The third-order valence-corrected chi connectivity index (χ3v) is 3.32. The molecular formula is C15H17NO2. The van der Waals surface area contributed by atoms with E-state index in [0.29, 0.717) is 5.56 Å². The van der Waals surface area contributed by atoms with Crippen molar-refractivity contribution in [3.05, 3.63) is 52.3 Å². The number of rotatable bonds is 2. The Morgan fingerprint density at radius 3 is 2.11 bits per heavy atom. The van der Waals surface area contributed by atoms with Crippen molar-refractivity contribution < 1.29 is 9.90 Å². The van der Waals surface area contributed by atoms with E-state index in [2.05, 4.69) is 0 Å². The van der Waals surface area contributed by atoms with E-state index in [9.17, 15) is 9.90 Å². The van der Waals surface area contributed by atoms with Gasteiger partial charge < -0.3 is 9.67 Å². The molecule has 1 aromatic carbocycles. The first-order valence-electron chi connectivity index (χ1n) is 5.92. The Hall–Kier alpha value is -2.03. The average molecular weight is 243 g/mol. The summed E-state index contributed by atoms with van der Waals surface area (Å²) in [6, 6.07) is 7.83. The largest absolute Gasteiger partial charge is 0.478 e. The van der Waals surface area contributed by atoms with Crippen molar-refractivity contribution >= 4 is 5.97 Å². The molecule has 0 aliphatic heterocycles. The molecule has 94 valence electrons. The standard InChI is InChI=1S/C15H17NO2/c1-9-6-5-7-10(2)14(9)16-11(3)8-13(12(16)4)15(17)18/h5-8H,1-4H3,(H,17,18). The molecule has 0 bridgehead atoms. The van der Waals surface area contributed by atoms with Crippen LogP contribution in [0.15, 0.2) is 24.3 Å². The van der Waals surface area contributed by atoms with Gasteiger partial charge in [0.05, 0.1) is 11.3 Å². The molecule has 0 spiro atoms. The zero-order valence-corrected chi connectivity index (χ0v) is 11.1. The van der Waals surface area contributed by atoms with Gasteiger partial charge in [0.15, 0.2) is 0 Å². The van der Waals surface area contributed by atoms with Crippen molar-refractivity contribution in [1.82, 2.24) is 4.57 Å². The number of carboxylic acids is 1. The van der Waals surface area contributed by atoms with Gasteiger partial charge in [-0.05, 0) is 44.9 Å². The van der Waals surface area contributed by atoms with Gasteiger partial charge in [-0.1, -0.05) is 18.2 Å². The highest BCUT2D eigenvalue weighted by atomic mass is 16.4. The van der Waals surface area contributed by atoms with Crippen LogP contribution in [-0.4, -0.2) is 15.6 Å². The lowest BCUT2D eigenvalue weighted by molar-refractivity contribution is 0.0696. The van der Waals surface area contributed by atoms with Gasteiger partial charge in [0, 0.05) is 11.4 Å². The van der Waals surface area contributed by atoms with Crippen LogP contribution in [0.2, 0.25) is 0 Å². The van der Waals surface area contributed by atoms with Crippen LogP contribution in [0.4, 0.5) is 0 Å². The summed E-state index contributed by atoms with van der Waals surface area (Å²) in [6.07, 6.45) is 0. The summed E-state index contributed by atoms with van der Waals surface area (Å²) in [6.45, 7) is 7.87. The maximum atomic E-state index is 11.2. The minimum atomic E-state index is -0.874. The molecule has 18 heavy (non-hydrogen) atoms. The summed E-state index contributed by atoms with van der Waals surface area (Å²) in [7, 11) is 0. The lowest BCUT2D eigenvalue weighted by Gasteiger charge is -2.15. The summed E-state index contributed by atoms with van der Waals surface area (Å²) in [5.74, 6) is -0.874. The van der Waals surface area contributed by atoms with Crippen molar-refractivity contribution in [2.24, 2.45) is 0 Å². The van der Waals surface area contributed by atoms with Crippen LogP contribution in [0.5, 0.6) is 0 Å². The zero-order valence-electron chi connectivity index (χ0n) is 11.1. The fourth-order valence-corrected chi connectivity index (χ4v) is 2.48. The highest BCUT2D eigenvalue weighted by Crippen LogP contribution is 2.25. The maximum Gasteiger partial charge on any atom is 0.337 e. The molecule has 3 heteroatoms. The van der Waals surface area contributed by atoms with Crippen molar-refractivity contribution in [2.45, 2.75) is 27.7 Å². The fourth-order valence-electron chi connectivity index (χ4n) is 2.48. The van der Waals surface area contributed by atoms with E-state index in [0.717, 1.165) is 28.2 Å². The van der Waals surface area contributed by atoms with Crippen LogP contribution in [-0.2, 0) is 0 Å². The number of carbonyl (C=O) groups is 1. The van der Waals surface area contributed by atoms with Gasteiger partial charge in [0.2, 0.25) is 0 Å². The summed E-state index contributed by atoms with van der Waals surface area (Å²) < 4.78 is 2.02. The third kappa shape index (κ3) is 1.82. The maximum absolute atomic E-state index is 11.2. The van der Waals surface area contributed by atoms with Crippen LogP contribution in [0.25, 0.3) is 5.69 Å². The van der Waals surface area contributed by atoms with Crippen LogP contribution in [0.3, 0.4) is 0 Å². The first kappa shape index (κ1) is 12.4. The van der Waals surface area contributed by atoms with Gasteiger partial charge in [-0.3, -0.25) is 0 Å². The first-order chi connectivity index (χ1) is 8.43. The second-order valence-corrected chi connectivity index (χ2v) is 4.67. The van der Waals surface area contributed by atoms with Crippen LogP contribution in [0, 0.1) is 27.7 Å². The highest BCUT2D eigenvalue weighted by molar-refractivity contribution is 5.89. The molecule has 3 nitrogen and oxygen atoms in total. The van der Waals surface area contributed by atoms with Gasteiger partial charge in [-0.15, -0.1) is 0 Å². The molecule has 0 saturated heterocycles. The molecule has 0 atom stereocenters. The molecule has 0 amide bonds. The lowest BCUT2D eigenvalue weighted by Crippen LogP contribution is -2.05. The Labute approximate surface area is 107 Å². The monoisotopic (exact) mass is 243 g/mol. The minimum absolute atomic E-state index is 0.371. The first-order valence-corrected chi connectivity index (χ1v) is 5.92. The van der Waals surface area contributed by atoms with Gasteiger partial charge >= 0.3 is 5.97 Å². The molecule has 0 unspecified atom stereocenters. The Balaban J connectivity index is 2.76. The Morgan fingerprint density at radius 1 is 1.11 bits per heavy atom. The summed E-state index contributed by atoms with van der Waals surface area (Å²) >= 11 is 0. The predicted molar refractivity (Wildman–Crippen MR) is 71.7 cm³/mol. The quantitative estimate of drug-likeness (QED) is 0.878. The van der Waals surface area contributed by atoms with Crippen molar-refractivity contribution in [2.75, 3.05) is 0 Å². The van der Waals surface area contributed by atoms with Crippen molar-refractivity contribution in [1.29, 1.82) is 0 Å². The highest BCUT2D eigenvalue weighted by Gasteiger charge is 2.17. The van der Waals surface area contributed by atoms with Crippen LogP contribution >= 0.6 is 0 Å². The van der Waals surface area contributed by atoms with E-state index < -0.39 is 5.97 Å². The van der Waals surface area contributed by atoms with Gasteiger partial charge in [0.25, 0.3) is 0 Å². The lowest BCUT2D eigenvalue weighted by atomic mass is 10.1. The average Bonchev–Trinajstić information content (AvgIpc) is 2.56. The molecule has 0 aliphatic carbocycles. The fraction of sp³-hybridized carbons (Fsp3) is 0.267. The number of aromatic carboxylic acids is 1. The van der Waals surface area contributed by atoms with E-state index in [1.807, 2.05) is 50.5 Å². The van der Waals surface area contributed by atoms with Gasteiger partial charge in [0.1, 0.15) is 0 Å². The second kappa shape index (κ2) is 4.33. The number of hydrogen-bond acceptors (Lipinski definition) is 1. The molecule has 0 saturated carbocycles. The predicted octanol–water partition coefficient (Wildman–Crippen LogP) is 3.41. The van der Waals surface area contributed by atoms with E-state index in [4.69, 9.17) is 0 Å². The van der Waals surface area contributed by atoms with Crippen molar-refractivity contribution in [3.63, 3.8) is 0 Å². The second-order valence-electron chi connectivity index (χ2n) is 4.67. The number of nitrogens with zero attached hydrogens (tertiary/aromatic N) is 1. The van der Waals surface area contributed by atoms with Crippen LogP contribution in [0.1, 0.15) is 32.9 Å². The Bertz CT molecular complexity index is 603. The Morgan fingerprint density at radius 2 is 1.67 bits per heavy atom. The molecule has 2 aromatic rings. The SMILES string of the molecule is Cc1cccc(C)c1-n1c(C)cc(C(=O)O)c1C. The Kier molecular flexibility index (Phi) is 2.99. The number of carboxylic acid groups (broad SMARTS) is 1. The van der Waals surface area contributed by atoms with Crippen LogP contribution < -0.4 is 0 Å². The molecule has 1 N–H and O–H groups in total. The summed E-state index contributed by atoms with van der Waals surface area (Å²) in [5.41, 5.74) is 5.47. The van der Waals surface area contributed by atoms with E-state index >= 15 is 0 Å². The van der Waals surface area contributed by atoms with E-state index in [1.165, 1.54) is 0 Å².